The summed E-state index contributed by atoms with van der Waals surface area (Å²) in [6.45, 7) is 0. The van der Waals surface area contributed by atoms with Crippen LogP contribution >= 0.6 is 0 Å². The number of benzene rings is 1. The molecule has 0 spiro atoms. The molecular formula is C14H19NO3. The van der Waals surface area contributed by atoms with Crippen LogP contribution in [0.3, 0.4) is 0 Å². The van der Waals surface area contributed by atoms with Crippen LogP contribution in [0, 0.1) is 0 Å². The predicted octanol–water partition coefficient (Wildman–Crippen LogP) is 1.96. The van der Waals surface area contributed by atoms with Crippen molar-refractivity contribution in [2.75, 3.05) is 0 Å². The van der Waals surface area contributed by atoms with Gasteiger partial charge in [-0.15, -0.1) is 0 Å². The Labute approximate surface area is 107 Å². The monoisotopic (exact) mass is 249 g/mol. The number of rotatable bonds is 5. The average Bonchev–Trinajstić information content (AvgIpc) is 2.84. The Bertz CT molecular complexity index is 396. The van der Waals surface area contributed by atoms with E-state index < -0.39 is 12.0 Å². The molecule has 0 aromatic heterocycles. The van der Waals surface area contributed by atoms with Crippen LogP contribution in [0.1, 0.15) is 31.2 Å². The highest BCUT2D eigenvalue weighted by atomic mass is 16.5. The van der Waals surface area contributed by atoms with E-state index in [9.17, 15) is 4.79 Å². The lowest BCUT2D eigenvalue weighted by molar-refractivity contribution is -0.138. The van der Waals surface area contributed by atoms with E-state index in [2.05, 4.69) is 0 Å². The van der Waals surface area contributed by atoms with Gasteiger partial charge in [0, 0.05) is 0 Å². The zero-order valence-electron chi connectivity index (χ0n) is 10.3. The Morgan fingerprint density at radius 1 is 1.33 bits per heavy atom. The Morgan fingerprint density at radius 2 is 1.94 bits per heavy atom. The van der Waals surface area contributed by atoms with Crippen LogP contribution < -0.4 is 10.5 Å². The summed E-state index contributed by atoms with van der Waals surface area (Å²) < 4.78 is 5.84. The summed E-state index contributed by atoms with van der Waals surface area (Å²) in [6, 6.07) is 6.71. The third-order valence-electron chi connectivity index (χ3n) is 3.30. The third-order valence-corrected chi connectivity index (χ3v) is 3.30. The number of hydrogen-bond donors (Lipinski definition) is 2. The van der Waals surface area contributed by atoms with Crippen molar-refractivity contribution in [2.24, 2.45) is 5.73 Å². The number of aliphatic carboxylic acids is 1. The summed E-state index contributed by atoms with van der Waals surface area (Å²) in [5, 5.41) is 8.74. The van der Waals surface area contributed by atoms with Gasteiger partial charge >= 0.3 is 5.97 Å². The van der Waals surface area contributed by atoms with Gasteiger partial charge in [0.1, 0.15) is 11.8 Å². The molecule has 3 N–H and O–H groups in total. The SMILES string of the molecule is N[C@H](Cc1ccc(OC2CCCC2)cc1)C(=O)O. The summed E-state index contributed by atoms with van der Waals surface area (Å²) >= 11 is 0. The summed E-state index contributed by atoms with van der Waals surface area (Å²) in [5.41, 5.74) is 6.41. The molecule has 0 bridgehead atoms. The smallest absolute Gasteiger partial charge is 0.320 e. The van der Waals surface area contributed by atoms with E-state index in [0.717, 1.165) is 24.2 Å². The summed E-state index contributed by atoms with van der Waals surface area (Å²) in [6.07, 6.45) is 5.44. The van der Waals surface area contributed by atoms with Gasteiger partial charge in [0.25, 0.3) is 0 Å². The Morgan fingerprint density at radius 3 is 2.50 bits per heavy atom. The van der Waals surface area contributed by atoms with Crippen molar-refractivity contribution in [3.63, 3.8) is 0 Å². The first-order valence-electron chi connectivity index (χ1n) is 6.39. The van der Waals surface area contributed by atoms with E-state index in [1.165, 1.54) is 12.8 Å². The van der Waals surface area contributed by atoms with Gasteiger partial charge in [0.05, 0.1) is 6.10 Å². The van der Waals surface area contributed by atoms with Crippen LogP contribution in [0.25, 0.3) is 0 Å². The van der Waals surface area contributed by atoms with Gasteiger partial charge in [0.2, 0.25) is 0 Å². The summed E-state index contributed by atoms with van der Waals surface area (Å²) in [5.74, 6) is -0.115. The minimum absolute atomic E-state index is 0.345. The molecule has 4 heteroatoms. The Hall–Kier alpha value is -1.55. The van der Waals surface area contributed by atoms with E-state index in [4.69, 9.17) is 15.6 Å². The highest BCUT2D eigenvalue weighted by molar-refractivity contribution is 5.73. The van der Waals surface area contributed by atoms with Gasteiger partial charge in [-0.3, -0.25) is 4.79 Å². The fourth-order valence-electron chi connectivity index (χ4n) is 2.24. The number of nitrogens with two attached hydrogens (primary N) is 1. The van der Waals surface area contributed by atoms with Gasteiger partial charge in [0.15, 0.2) is 0 Å². The quantitative estimate of drug-likeness (QED) is 0.836. The van der Waals surface area contributed by atoms with Crippen LogP contribution in [-0.2, 0) is 11.2 Å². The number of carboxylic acids is 1. The molecule has 0 amide bonds. The molecule has 0 aliphatic heterocycles. The number of ether oxygens (including phenoxy) is 1. The van der Waals surface area contributed by atoms with E-state index in [1.54, 1.807) is 0 Å². The summed E-state index contributed by atoms with van der Waals surface area (Å²) in [7, 11) is 0. The van der Waals surface area contributed by atoms with E-state index in [-0.39, 0.29) is 0 Å². The maximum absolute atomic E-state index is 10.7. The first-order chi connectivity index (χ1) is 8.65. The molecule has 1 aromatic rings. The molecule has 1 atom stereocenters. The fourth-order valence-corrected chi connectivity index (χ4v) is 2.24. The van der Waals surface area contributed by atoms with Crippen LogP contribution in [0.2, 0.25) is 0 Å². The van der Waals surface area contributed by atoms with Crippen molar-refractivity contribution in [3.8, 4) is 5.75 Å². The van der Waals surface area contributed by atoms with Gasteiger partial charge in [-0.05, 0) is 49.8 Å². The minimum Gasteiger partial charge on any atom is -0.490 e. The van der Waals surface area contributed by atoms with Crippen molar-refractivity contribution in [1.82, 2.24) is 0 Å². The predicted molar refractivity (Wildman–Crippen MR) is 68.6 cm³/mol. The number of carboxylic acid groups (broad SMARTS) is 1. The second-order valence-electron chi connectivity index (χ2n) is 4.82. The van der Waals surface area contributed by atoms with Crippen molar-refractivity contribution in [3.05, 3.63) is 29.8 Å². The second kappa shape index (κ2) is 5.87. The molecule has 1 aliphatic rings. The van der Waals surface area contributed by atoms with Gasteiger partial charge in [-0.1, -0.05) is 12.1 Å². The molecule has 1 saturated carbocycles. The molecule has 1 aromatic carbocycles. The molecule has 98 valence electrons. The molecule has 18 heavy (non-hydrogen) atoms. The minimum atomic E-state index is -0.971. The van der Waals surface area contributed by atoms with Crippen molar-refractivity contribution in [2.45, 2.75) is 44.2 Å². The fraction of sp³-hybridized carbons (Fsp3) is 0.500. The molecular weight excluding hydrogens is 230 g/mol. The largest absolute Gasteiger partial charge is 0.490 e. The lowest BCUT2D eigenvalue weighted by Gasteiger charge is -2.13. The number of carbonyl (C=O) groups is 1. The standard InChI is InChI=1S/C14H19NO3/c15-13(14(16)17)9-10-5-7-12(8-6-10)18-11-3-1-2-4-11/h5-8,11,13H,1-4,9,15H2,(H,16,17)/t13-/m1/s1. The van der Waals surface area contributed by atoms with Crippen molar-refractivity contribution < 1.29 is 14.6 Å². The van der Waals surface area contributed by atoms with Crippen LogP contribution in [-0.4, -0.2) is 23.2 Å². The van der Waals surface area contributed by atoms with E-state index >= 15 is 0 Å². The molecule has 0 unspecified atom stereocenters. The summed E-state index contributed by atoms with van der Waals surface area (Å²) in [4.78, 5) is 10.7. The van der Waals surface area contributed by atoms with Crippen LogP contribution in [0.5, 0.6) is 5.75 Å². The first-order valence-corrected chi connectivity index (χ1v) is 6.39. The molecule has 0 heterocycles. The highest BCUT2D eigenvalue weighted by Crippen LogP contribution is 2.24. The zero-order chi connectivity index (χ0) is 13.0. The van der Waals surface area contributed by atoms with Gasteiger partial charge in [-0.25, -0.2) is 0 Å². The van der Waals surface area contributed by atoms with Gasteiger partial charge < -0.3 is 15.6 Å². The maximum atomic E-state index is 10.7. The lowest BCUT2D eigenvalue weighted by atomic mass is 10.1. The molecule has 1 aliphatic carbocycles. The van der Waals surface area contributed by atoms with E-state index in [0.29, 0.717) is 12.5 Å². The lowest BCUT2D eigenvalue weighted by Crippen LogP contribution is -2.32. The third kappa shape index (κ3) is 3.47. The molecule has 0 saturated heterocycles. The number of hydrogen-bond acceptors (Lipinski definition) is 3. The maximum Gasteiger partial charge on any atom is 0.320 e. The first kappa shape index (κ1) is 12.9. The van der Waals surface area contributed by atoms with Crippen LogP contribution in [0.4, 0.5) is 0 Å². The van der Waals surface area contributed by atoms with Crippen LogP contribution in [0.15, 0.2) is 24.3 Å². The highest BCUT2D eigenvalue weighted by Gasteiger charge is 2.16. The van der Waals surface area contributed by atoms with Crippen molar-refractivity contribution in [1.29, 1.82) is 0 Å². The Balaban J connectivity index is 1.90. The van der Waals surface area contributed by atoms with Crippen molar-refractivity contribution >= 4 is 5.97 Å². The van der Waals surface area contributed by atoms with Gasteiger partial charge in [-0.2, -0.15) is 0 Å². The molecule has 4 nitrogen and oxygen atoms in total. The topological polar surface area (TPSA) is 72.5 Å². The second-order valence-corrected chi connectivity index (χ2v) is 4.82. The zero-order valence-corrected chi connectivity index (χ0v) is 10.3. The van der Waals surface area contributed by atoms with E-state index in [1.807, 2.05) is 24.3 Å². The normalized spacial score (nSPS) is 17.6. The molecule has 2 rings (SSSR count). The molecule has 1 fully saturated rings. The molecule has 0 radical (unpaired) electrons. The average molecular weight is 249 g/mol. The Kier molecular flexibility index (Phi) is 4.20.